The molecule has 0 saturated heterocycles. The first-order valence-corrected chi connectivity index (χ1v) is 6.20. The van der Waals surface area contributed by atoms with E-state index in [9.17, 15) is 0 Å². The van der Waals surface area contributed by atoms with Crippen LogP contribution in [0.3, 0.4) is 0 Å². The van der Waals surface area contributed by atoms with Crippen molar-refractivity contribution in [3.05, 3.63) is 29.3 Å². The Hall–Kier alpha value is -0.980. The Morgan fingerprint density at radius 2 is 1.67 bits per heavy atom. The first kappa shape index (κ1) is 10.5. The molecule has 15 heavy (non-hydrogen) atoms. The van der Waals surface area contributed by atoms with Gasteiger partial charge in [-0.1, -0.05) is 31.4 Å². The van der Waals surface area contributed by atoms with Gasteiger partial charge < -0.3 is 5.32 Å². The molecule has 1 aliphatic carbocycles. The van der Waals surface area contributed by atoms with Crippen LogP contribution in [-0.4, -0.2) is 7.05 Å². The van der Waals surface area contributed by atoms with Crippen LogP contribution in [0.15, 0.2) is 18.2 Å². The minimum absolute atomic E-state index is 1.26. The van der Waals surface area contributed by atoms with Crippen LogP contribution in [0.1, 0.15) is 43.2 Å². The summed E-state index contributed by atoms with van der Waals surface area (Å²) < 4.78 is 0. The van der Waals surface area contributed by atoms with Crippen LogP contribution < -0.4 is 5.32 Å². The van der Waals surface area contributed by atoms with Crippen LogP contribution in [0.4, 0.5) is 5.69 Å². The van der Waals surface area contributed by atoms with Gasteiger partial charge in [0.15, 0.2) is 0 Å². The van der Waals surface area contributed by atoms with Crippen molar-refractivity contribution >= 4 is 5.69 Å². The Morgan fingerprint density at radius 1 is 0.933 bits per heavy atom. The highest BCUT2D eigenvalue weighted by atomic mass is 14.8. The van der Waals surface area contributed by atoms with E-state index in [1.165, 1.54) is 50.6 Å². The lowest BCUT2D eigenvalue weighted by molar-refractivity contribution is 0.629. The van der Waals surface area contributed by atoms with Gasteiger partial charge in [-0.15, -0.1) is 0 Å². The predicted octanol–water partition coefficient (Wildman–Crippen LogP) is 3.78. The van der Waals surface area contributed by atoms with Crippen LogP contribution in [0.5, 0.6) is 0 Å². The molecule has 0 heterocycles. The second kappa shape index (κ2) is 5.20. The SMILES string of the molecule is CNc1cccc2c1CCCCCCC2. The number of benzene rings is 1. The zero-order valence-corrected chi connectivity index (χ0v) is 9.68. The van der Waals surface area contributed by atoms with E-state index in [2.05, 4.69) is 23.5 Å². The molecule has 0 fully saturated rings. The lowest BCUT2D eigenvalue weighted by Crippen LogP contribution is -2.00. The molecular formula is C14H21N. The number of aryl methyl sites for hydroxylation is 1. The minimum atomic E-state index is 1.26. The van der Waals surface area contributed by atoms with Gasteiger partial charge in [0.05, 0.1) is 0 Å². The summed E-state index contributed by atoms with van der Waals surface area (Å²) in [5, 5.41) is 3.32. The van der Waals surface area contributed by atoms with E-state index in [1.54, 1.807) is 11.1 Å². The number of nitrogens with one attached hydrogen (secondary N) is 1. The third-order valence-electron chi connectivity index (χ3n) is 3.42. The summed E-state index contributed by atoms with van der Waals surface area (Å²) in [6.07, 6.45) is 9.46. The van der Waals surface area contributed by atoms with Crippen LogP contribution in [0.2, 0.25) is 0 Å². The van der Waals surface area contributed by atoms with Gasteiger partial charge in [-0.25, -0.2) is 0 Å². The lowest BCUT2D eigenvalue weighted by atomic mass is 9.98. The molecule has 0 aromatic heterocycles. The second-order valence-corrected chi connectivity index (χ2v) is 4.46. The standard InChI is InChI=1S/C14H21N/c1-15-14-11-7-9-12-8-5-3-2-4-6-10-13(12)14/h7,9,11,15H,2-6,8,10H2,1H3. The largest absolute Gasteiger partial charge is 0.388 e. The monoisotopic (exact) mass is 203 g/mol. The lowest BCUT2D eigenvalue weighted by Gasteiger charge is -2.13. The summed E-state index contributed by atoms with van der Waals surface area (Å²) in [6, 6.07) is 6.70. The van der Waals surface area contributed by atoms with Crippen LogP contribution >= 0.6 is 0 Å². The van der Waals surface area contributed by atoms with Crippen molar-refractivity contribution in [1.82, 2.24) is 0 Å². The molecular weight excluding hydrogens is 182 g/mol. The van der Waals surface area contributed by atoms with Gasteiger partial charge in [-0.2, -0.15) is 0 Å². The van der Waals surface area contributed by atoms with E-state index in [0.717, 1.165) is 0 Å². The van der Waals surface area contributed by atoms with E-state index in [0.29, 0.717) is 0 Å². The molecule has 0 amide bonds. The van der Waals surface area contributed by atoms with Gasteiger partial charge in [0.2, 0.25) is 0 Å². The molecule has 0 unspecified atom stereocenters. The molecule has 82 valence electrons. The van der Waals surface area contributed by atoms with Crippen molar-refractivity contribution in [2.45, 2.75) is 44.9 Å². The molecule has 0 bridgehead atoms. The molecule has 0 radical (unpaired) electrons. The Bertz CT molecular complexity index is 317. The van der Waals surface area contributed by atoms with Crippen molar-refractivity contribution in [1.29, 1.82) is 0 Å². The van der Waals surface area contributed by atoms with Gasteiger partial charge in [-0.3, -0.25) is 0 Å². The summed E-state index contributed by atoms with van der Waals surface area (Å²) >= 11 is 0. The molecule has 0 saturated carbocycles. The topological polar surface area (TPSA) is 12.0 Å². The van der Waals surface area contributed by atoms with E-state index in [-0.39, 0.29) is 0 Å². The third kappa shape index (κ3) is 2.53. The Morgan fingerprint density at radius 3 is 2.47 bits per heavy atom. The summed E-state index contributed by atoms with van der Waals surface area (Å²) in [5.74, 6) is 0. The van der Waals surface area contributed by atoms with Crippen molar-refractivity contribution in [3.8, 4) is 0 Å². The fourth-order valence-corrected chi connectivity index (χ4v) is 2.55. The smallest absolute Gasteiger partial charge is 0.0372 e. The van der Waals surface area contributed by atoms with Crippen LogP contribution in [-0.2, 0) is 12.8 Å². The maximum absolute atomic E-state index is 3.32. The van der Waals surface area contributed by atoms with Gasteiger partial charge >= 0.3 is 0 Å². The maximum Gasteiger partial charge on any atom is 0.0372 e. The number of rotatable bonds is 1. The van der Waals surface area contributed by atoms with E-state index in [4.69, 9.17) is 0 Å². The Kier molecular flexibility index (Phi) is 3.65. The zero-order chi connectivity index (χ0) is 10.5. The van der Waals surface area contributed by atoms with E-state index < -0.39 is 0 Å². The normalized spacial score (nSPS) is 17.1. The van der Waals surface area contributed by atoms with Gasteiger partial charge in [0.1, 0.15) is 0 Å². The van der Waals surface area contributed by atoms with Crippen molar-refractivity contribution in [2.24, 2.45) is 0 Å². The number of fused-ring (bicyclic) bond motifs is 1. The quantitative estimate of drug-likeness (QED) is 0.732. The summed E-state index contributed by atoms with van der Waals surface area (Å²) in [5.41, 5.74) is 4.49. The third-order valence-corrected chi connectivity index (χ3v) is 3.42. The highest BCUT2D eigenvalue weighted by molar-refractivity contribution is 5.54. The maximum atomic E-state index is 3.32. The van der Waals surface area contributed by atoms with Gasteiger partial charge in [-0.05, 0) is 42.9 Å². The Labute approximate surface area is 92.9 Å². The predicted molar refractivity (Wildman–Crippen MR) is 66.5 cm³/mol. The molecule has 1 N–H and O–H groups in total. The van der Waals surface area contributed by atoms with Crippen molar-refractivity contribution in [2.75, 3.05) is 12.4 Å². The molecule has 0 aliphatic heterocycles. The fraction of sp³-hybridized carbons (Fsp3) is 0.571. The van der Waals surface area contributed by atoms with Crippen molar-refractivity contribution < 1.29 is 0 Å². The van der Waals surface area contributed by atoms with Crippen LogP contribution in [0, 0.1) is 0 Å². The zero-order valence-electron chi connectivity index (χ0n) is 9.68. The number of hydrogen-bond donors (Lipinski definition) is 1. The molecule has 2 rings (SSSR count). The average Bonchev–Trinajstić information content (AvgIpc) is 2.39. The second-order valence-electron chi connectivity index (χ2n) is 4.46. The minimum Gasteiger partial charge on any atom is -0.388 e. The molecule has 1 heteroatoms. The van der Waals surface area contributed by atoms with E-state index in [1.807, 2.05) is 7.05 Å². The van der Waals surface area contributed by atoms with Gasteiger partial charge in [0.25, 0.3) is 0 Å². The molecule has 1 aliphatic rings. The Balaban J connectivity index is 2.28. The number of anilines is 1. The molecule has 1 aromatic carbocycles. The molecule has 1 aromatic rings. The fourth-order valence-electron chi connectivity index (χ4n) is 2.55. The first-order valence-electron chi connectivity index (χ1n) is 6.20. The number of hydrogen-bond acceptors (Lipinski definition) is 1. The summed E-state index contributed by atoms with van der Waals surface area (Å²) in [4.78, 5) is 0. The first-order chi connectivity index (χ1) is 7.42. The van der Waals surface area contributed by atoms with E-state index >= 15 is 0 Å². The highest BCUT2D eigenvalue weighted by Gasteiger charge is 2.08. The molecule has 0 atom stereocenters. The van der Waals surface area contributed by atoms with Gasteiger partial charge in [0, 0.05) is 12.7 Å². The highest BCUT2D eigenvalue weighted by Crippen LogP contribution is 2.25. The average molecular weight is 203 g/mol. The summed E-state index contributed by atoms with van der Waals surface area (Å²) in [6.45, 7) is 0. The van der Waals surface area contributed by atoms with Crippen molar-refractivity contribution in [3.63, 3.8) is 0 Å². The summed E-state index contributed by atoms with van der Waals surface area (Å²) in [7, 11) is 2.03. The molecule has 1 nitrogen and oxygen atoms in total. The van der Waals surface area contributed by atoms with Crippen LogP contribution in [0.25, 0.3) is 0 Å². The molecule has 0 spiro atoms.